The highest BCUT2D eigenvalue weighted by Gasteiger charge is 2.41. The zero-order chi connectivity index (χ0) is 10.2. The molecule has 0 aromatic rings. The van der Waals surface area contributed by atoms with Gasteiger partial charge in [-0.25, -0.2) is 0 Å². The molecule has 0 aromatic carbocycles. The van der Waals surface area contributed by atoms with Gasteiger partial charge in [0.2, 0.25) is 5.91 Å². The van der Waals surface area contributed by atoms with Crippen LogP contribution in [0.15, 0.2) is 0 Å². The summed E-state index contributed by atoms with van der Waals surface area (Å²) in [6, 6.07) is 0.491. The van der Waals surface area contributed by atoms with Gasteiger partial charge in [0.05, 0.1) is 5.54 Å². The van der Waals surface area contributed by atoms with E-state index in [2.05, 4.69) is 0 Å². The molecule has 2 fully saturated rings. The second kappa shape index (κ2) is 3.54. The van der Waals surface area contributed by atoms with Crippen LogP contribution in [0.25, 0.3) is 0 Å². The van der Waals surface area contributed by atoms with E-state index in [1.54, 1.807) is 0 Å². The molecule has 0 aromatic heterocycles. The first kappa shape index (κ1) is 9.97. The number of amides is 1. The van der Waals surface area contributed by atoms with E-state index in [1.165, 1.54) is 19.3 Å². The lowest BCUT2D eigenvalue weighted by atomic mass is 9.81. The van der Waals surface area contributed by atoms with Crippen LogP contribution in [0, 0.1) is 0 Å². The van der Waals surface area contributed by atoms with Crippen LogP contribution in [0.3, 0.4) is 0 Å². The molecule has 14 heavy (non-hydrogen) atoms. The highest BCUT2D eigenvalue weighted by molar-refractivity contribution is 5.86. The molecule has 0 heterocycles. The molecule has 0 saturated heterocycles. The fourth-order valence-corrected chi connectivity index (χ4v) is 2.38. The molecule has 0 unspecified atom stereocenters. The third-order valence-electron chi connectivity index (χ3n) is 3.59. The summed E-state index contributed by atoms with van der Waals surface area (Å²) < 4.78 is 0. The van der Waals surface area contributed by atoms with Crippen LogP contribution in [0.5, 0.6) is 0 Å². The lowest BCUT2D eigenvalue weighted by molar-refractivity contribution is -0.137. The zero-order valence-electron chi connectivity index (χ0n) is 8.96. The summed E-state index contributed by atoms with van der Waals surface area (Å²) in [5.74, 6) is 0.180. The van der Waals surface area contributed by atoms with E-state index in [0.29, 0.717) is 6.04 Å². The lowest BCUT2D eigenvalue weighted by Crippen LogP contribution is -2.55. The Labute approximate surface area is 85.6 Å². The molecule has 2 saturated carbocycles. The lowest BCUT2D eigenvalue weighted by Gasteiger charge is -2.35. The highest BCUT2D eigenvalue weighted by atomic mass is 16.2. The van der Waals surface area contributed by atoms with Crippen LogP contribution in [-0.4, -0.2) is 29.4 Å². The second-order valence-electron chi connectivity index (χ2n) is 4.86. The molecule has 1 amide bonds. The van der Waals surface area contributed by atoms with Gasteiger partial charge in [-0.3, -0.25) is 4.79 Å². The smallest absolute Gasteiger partial charge is 0.242 e. The summed E-state index contributed by atoms with van der Waals surface area (Å²) >= 11 is 0. The molecule has 80 valence electrons. The van der Waals surface area contributed by atoms with Crippen molar-refractivity contribution in [2.24, 2.45) is 5.73 Å². The van der Waals surface area contributed by atoms with Crippen LogP contribution in [0.4, 0.5) is 0 Å². The highest BCUT2D eigenvalue weighted by Crippen LogP contribution is 2.32. The largest absolute Gasteiger partial charge is 0.341 e. The Morgan fingerprint density at radius 2 is 1.86 bits per heavy atom. The van der Waals surface area contributed by atoms with Gasteiger partial charge in [-0.1, -0.05) is 19.3 Å². The standard InChI is InChI=1S/C11H20N2O/c1-13(9-5-6-9)10(14)11(12)7-3-2-4-8-11/h9H,2-8,12H2,1H3. The summed E-state index contributed by atoms with van der Waals surface area (Å²) in [4.78, 5) is 14.0. The van der Waals surface area contributed by atoms with Crippen molar-refractivity contribution >= 4 is 5.91 Å². The van der Waals surface area contributed by atoms with Crippen molar-refractivity contribution in [3.05, 3.63) is 0 Å². The molecule has 2 aliphatic carbocycles. The number of carbonyl (C=O) groups excluding carboxylic acids is 1. The summed E-state index contributed by atoms with van der Waals surface area (Å²) in [6.07, 6.45) is 7.54. The number of hydrogen-bond donors (Lipinski definition) is 1. The van der Waals surface area contributed by atoms with Crippen LogP contribution < -0.4 is 5.73 Å². The normalized spacial score (nSPS) is 25.9. The molecule has 2 rings (SSSR count). The maximum Gasteiger partial charge on any atom is 0.242 e. The Morgan fingerprint density at radius 1 is 1.29 bits per heavy atom. The molecule has 2 N–H and O–H groups in total. The van der Waals surface area contributed by atoms with Gasteiger partial charge in [-0.05, 0) is 25.7 Å². The van der Waals surface area contributed by atoms with Crippen molar-refractivity contribution in [1.82, 2.24) is 4.90 Å². The molecule has 0 aliphatic heterocycles. The van der Waals surface area contributed by atoms with E-state index in [0.717, 1.165) is 25.7 Å². The second-order valence-corrected chi connectivity index (χ2v) is 4.86. The molecule has 2 aliphatic rings. The average molecular weight is 196 g/mol. The average Bonchev–Trinajstić information content (AvgIpc) is 3.00. The van der Waals surface area contributed by atoms with Crippen LogP contribution in [-0.2, 0) is 4.79 Å². The Bertz CT molecular complexity index is 229. The Kier molecular flexibility index (Phi) is 2.52. The Hall–Kier alpha value is -0.570. The fourth-order valence-electron chi connectivity index (χ4n) is 2.38. The number of likely N-dealkylation sites (N-methyl/N-ethyl adjacent to an activating group) is 1. The minimum absolute atomic E-state index is 0.180. The van der Waals surface area contributed by atoms with Gasteiger partial charge in [0.15, 0.2) is 0 Å². The summed E-state index contributed by atoms with van der Waals surface area (Å²) in [5, 5.41) is 0. The first-order valence-electron chi connectivity index (χ1n) is 5.70. The van der Waals surface area contributed by atoms with Crippen molar-refractivity contribution in [2.45, 2.75) is 56.5 Å². The van der Waals surface area contributed by atoms with Gasteiger partial charge in [0.1, 0.15) is 0 Å². The third-order valence-corrected chi connectivity index (χ3v) is 3.59. The van der Waals surface area contributed by atoms with Gasteiger partial charge in [0, 0.05) is 13.1 Å². The Balaban J connectivity index is 2.00. The van der Waals surface area contributed by atoms with Crippen molar-refractivity contribution in [1.29, 1.82) is 0 Å². The first-order chi connectivity index (χ1) is 6.63. The molecule has 3 nitrogen and oxygen atoms in total. The van der Waals surface area contributed by atoms with Crippen LogP contribution in [0.1, 0.15) is 44.9 Å². The molecule has 0 spiro atoms. The van der Waals surface area contributed by atoms with E-state index in [9.17, 15) is 4.79 Å². The number of nitrogens with two attached hydrogens (primary N) is 1. The number of nitrogens with zero attached hydrogens (tertiary/aromatic N) is 1. The maximum absolute atomic E-state index is 12.1. The van der Waals surface area contributed by atoms with Crippen molar-refractivity contribution < 1.29 is 4.79 Å². The van der Waals surface area contributed by atoms with Gasteiger partial charge in [-0.2, -0.15) is 0 Å². The number of hydrogen-bond acceptors (Lipinski definition) is 2. The van der Waals surface area contributed by atoms with E-state index >= 15 is 0 Å². The van der Waals surface area contributed by atoms with Crippen LogP contribution in [0.2, 0.25) is 0 Å². The number of carbonyl (C=O) groups is 1. The fraction of sp³-hybridized carbons (Fsp3) is 0.909. The van der Waals surface area contributed by atoms with Crippen molar-refractivity contribution in [3.8, 4) is 0 Å². The number of rotatable bonds is 2. The molecule has 3 heteroatoms. The van der Waals surface area contributed by atoms with E-state index in [1.807, 2.05) is 11.9 Å². The van der Waals surface area contributed by atoms with Gasteiger partial charge < -0.3 is 10.6 Å². The van der Waals surface area contributed by atoms with Gasteiger partial charge in [-0.15, -0.1) is 0 Å². The predicted octanol–water partition coefficient (Wildman–Crippen LogP) is 1.27. The summed E-state index contributed by atoms with van der Waals surface area (Å²) in [6.45, 7) is 0. The summed E-state index contributed by atoms with van der Waals surface area (Å²) in [5.41, 5.74) is 5.65. The van der Waals surface area contributed by atoms with Crippen LogP contribution >= 0.6 is 0 Å². The van der Waals surface area contributed by atoms with Gasteiger partial charge >= 0.3 is 0 Å². The molecule has 0 atom stereocenters. The quantitative estimate of drug-likeness (QED) is 0.723. The monoisotopic (exact) mass is 196 g/mol. The van der Waals surface area contributed by atoms with E-state index in [4.69, 9.17) is 5.73 Å². The van der Waals surface area contributed by atoms with E-state index < -0.39 is 5.54 Å². The summed E-state index contributed by atoms with van der Waals surface area (Å²) in [7, 11) is 1.91. The third kappa shape index (κ3) is 1.78. The zero-order valence-corrected chi connectivity index (χ0v) is 8.96. The minimum Gasteiger partial charge on any atom is -0.341 e. The SMILES string of the molecule is CN(C(=O)C1(N)CCCCC1)C1CC1. The van der Waals surface area contributed by atoms with E-state index in [-0.39, 0.29) is 5.91 Å². The van der Waals surface area contributed by atoms with Crippen molar-refractivity contribution in [3.63, 3.8) is 0 Å². The van der Waals surface area contributed by atoms with Gasteiger partial charge in [0.25, 0.3) is 0 Å². The molecule has 0 radical (unpaired) electrons. The first-order valence-corrected chi connectivity index (χ1v) is 5.70. The molecule has 0 bridgehead atoms. The minimum atomic E-state index is -0.532. The maximum atomic E-state index is 12.1. The Morgan fingerprint density at radius 3 is 2.36 bits per heavy atom. The topological polar surface area (TPSA) is 46.3 Å². The molecular formula is C11H20N2O. The van der Waals surface area contributed by atoms with Crippen molar-refractivity contribution in [2.75, 3.05) is 7.05 Å². The molecular weight excluding hydrogens is 176 g/mol. The predicted molar refractivity (Wildman–Crippen MR) is 55.8 cm³/mol.